The molecule has 0 saturated heterocycles. The molecule has 1 heterocycles. The van der Waals surface area contributed by atoms with Crippen molar-refractivity contribution in [2.45, 2.75) is 73.0 Å². The van der Waals surface area contributed by atoms with E-state index in [4.69, 9.17) is 5.73 Å². The van der Waals surface area contributed by atoms with Crippen molar-refractivity contribution in [3.63, 3.8) is 0 Å². The summed E-state index contributed by atoms with van der Waals surface area (Å²) < 4.78 is 0. The van der Waals surface area contributed by atoms with E-state index < -0.39 is 5.91 Å². The van der Waals surface area contributed by atoms with Crippen molar-refractivity contribution >= 4 is 23.6 Å². The fraction of sp³-hybridized carbons (Fsp3) is 0.419. The lowest BCUT2D eigenvalue weighted by Gasteiger charge is -2.26. The minimum atomic E-state index is -0.463. The van der Waals surface area contributed by atoms with Crippen LogP contribution in [0.25, 0.3) is 0 Å². The lowest BCUT2D eigenvalue weighted by molar-refractivity contribution is -0.114. The number of amides is 1. The molecule has 0 fully saturated rings. The smallest absolute Gasteiger partial charge is 0.252 e. The van der Waals surface area contributed by atoms with E-state index in [1.807, 2.05) is 57.2 Å². The highest BCUT2D eigenvalue weighted by atomic mass is 16.1. The number of rotatable bonds is 13. The molecule has 0 saturated carbocycles. The van der Waals surface area contributed by atoms with Crippen molar-refractivity contribution < 1.29 is 9.59 Å². The Balaban J connectivity index is 0.00000110. The zero-order valence-corrected chi connectivity index (χ0v) is 23.8. The molecule has 0 aliphatic carbocycles. The molecule has 2 aromatic carbocycles. The zero-order chi connectivity index (χ0) is 28.2. The molecule has 1 unspecified atom stereocenters. The van der Waals surface area contributed by atoms with Gasteiger partial charge in [-0.3, -0.25) is 4.79 Å². The van der Waals surface area contributed by atoms with Gasteiger partial charge in [0.05, 0.1) is 5.57 Å². The minimum Gasteiger partial charge on any atom is -0.380 e. The van der Waals surface area contributed by atoms with Gasteiger partial charge in [0.2, 0.25) is 0 Å². The Kier molecular flexibility index (Phi) is 16.5. The number of benzene rings is 2. The van der Waals surface area contributed by atoms with Crippen molar-refractivity contribution in [3.05, 3.63) is 83.7 Å². The first-order valence-corrected chi connectivity index (χ1v) is 13.8. The van der Waals surface area contributed by atoms with Crippen LogP contribution in [0, 0.1) is 0 Å². The van der Waals surface area contributed by atoms with Gasteiger partial charge >= 0.3 is 0 Å². The molecular weight excluding hydrogens is 474 g/mol. The molecule has 0 spiro atoms. The van der Waals surface area contributed by atoms with Gasteiger partial charge in [-0.1, -0.05) is 71.4 Å². The number of hydrogen-bond donors (Lipinski definition) is 4. The first-order valence-electron chi connectivity index (χ1n) is 13.8. The number of nitrogens with zero attached hydrogens (tertiary/aromatic N) is 1. The van der Waals surface area contributed by atoms with E-state index in [1.165, 1.54) is 18.5 Å². The summed E-state index contributed by atoms with van der Waals surface area (Å²) in [6.45, 7) is 13.0. The second-order valence-electron chi connectivity index (χ2n) is 8.59. The third-order valence-electron chi connectivity index (χ3n) is 5.62. The number of unbranched alkanes of at least 4 members (excludes halogenated alkanes) is 1. The molecule has 38 heavy (non-hydrogen) atoms. The topological polar surface area (TPSA) is 99.5 Å². The van der Waals surface area contributed by atoms with Gasteiger partial charge in [-0.2, -0.15) is 0 Å². The van der Waals surface area contributed by atoms with E-state index in [-0.39, 0.29) is 6.17 Å². The molecule has 0 bridgehead atoms. The number of nitrogens with one attached hydrogen (secondary N) is 3. The lowest BCUT2D eigenvalue weighted by Crippen LogP contribution is -2.38. The van der Waals surface area contributed by atoms with Crippen molar-refractivity contribution in [3.8, 4) is 0 Å². The summed E-state index contributed by atoms with van der Waals surface area (Å²) >= 11 is 0. The molecule has 0 radical (unpaired) electrons. The standard InChI is InChI=1S/C26H35N5O.C3H6O.C2H6/c1-3-5-16-31(15-4-2)22-13-11-21(12-14-22)30-25-17-24(23(19-29-25)26(27)32)28-18-20-9-7-6-8-10-20;1-2-3-4;1-2/h6-14,17,19,25,28-30H,3-5,15-16,18H2,1-2H3,(H2,27,32);3H,2H2,1H3;1-2H3. The Morgan fingerprint density at radius 2 is 1.66 bits per heavy atom. The number of primary amides is 1. The maximum atomic E-state index is 11.9. The van der Waals surface area contributed by atoms with Gasteiger partial charge in [0.1, 0.15) is 12.5 Å². The predicted molar refractivity (Wildman–Crippen MR) is 161 cm³/mol. The van der Waals surface area contributed by atoms with Crippen LogP contribution in [0.1, 0.15) is 65.9 Å². The average molecular weight is 522 g/mol. The van der Waals surface area contributed by atoms with Crippen molar-refractivity contribution in [2.24, 2.45) is 5.73 Å². The first kappa shape index (κ1) is 32.3. The Bertz CT molecular complexity index is 987. The van der Waals surface area contributed by atoms with E-state index >= 15 is 0 Å². The predicted octanol–water partition coefficient (Wildman–Crippen LogP) is 5.71. The Morgan fingerprint density at radius 1 is 1.00 bits per heavy atom. The quantitative estimate of drug-likeness (QED) is 0.252. The first-order chi connectivity index (χ1) is 18.5. The van der Waals surface area contributed by atoms with Gasteiger partial charge < -0.3 is 31.4 Å². The molecule has 1 atom stereocenters. The van der Waals surface area contributed by atoms with Crippen LogP contribution >= 0.6 is 0 Å². The Hall–Kier alpha value is -3.74. The van der Waals surface area contributed by atoms with Gasteiger partial charge in [-0.05, 0) is 48.7 Å². The van der Waals surface area contributed by atoms with Crippen LogP contribution in [0.15, 0.2) is 78.1 Å². The summed E-state index contributed by atoms with van der Waals surface area (Å²) in [5.74, 6) is -0.463. The zero-order valence-electron chi connectivity index (χ0n) is 23.8. The van der Waals surface area contributed by atoms with Crippen LogP contribution < -0.4 is 26.6 Å². The van der Waals surface area contributed by atoms with Gasteiger partial charge in [-0.15, -0.1) is 0 Å². The normalized spacial score (nSPS) is 13.7. The van der Waals surface area contributed by atoms with Crippen LogP contribution in [0.5, 0.6) is 0 Å². The summed E-state index contributed by atoms with van der Waals surface area (Å²) in [7, 11) is 0. The van der Waals surface area contributed by atoms with Crippen LogP contribution in [-0.2, 0) is 16.1 Å². The molecule has 208 valence electrons. The van der Waals surface area contributed by atoms with Crippen molar-refractivity contribution in [1.82, 2.24) is 10.6 Å². The second kappa shape index (κ2) is 19.4. The van der Waals surface area contributed by atoms with Crippen molar-refractivity contribution in [2.75, 3.05) is 23.3 Å². The average Bonchev–Trinajstić information content (AvgIpc) is 2.96. The molecule has 3 rings (SSSR count). The highest BCUT2D eigenvalue weighted by Gasteiger charge is 2.19. The summed E-state index contributed by atoms with van der Waals surface area (Å²) in [5, 5.41) is 10.0. The maximum absolute atomic E-state index is 11.9. The minimum absolute atomic E-state index is 0.158. The van der Waals surface area contributed by atoms with Gasteiger partial charge in [0.25, 0.3) is 5.91 Å². The van der Waals surface area contributed by atoms with Crippen LogP contribution in [0.2, 0.25) is 0 Å². The fourth-order valence-electron chi connectivity index (χ4n) is 3.73. The van der Waals surface area contributed by atoms with E-state index in [0.717, 1.165) is 42.7 Å². The van der Waals surface area contributed by atoms with Gasteiger partial charge in [0, 0.05) is 49.3 Å². The maximum Gasteiger partial charge on any atom is 0.252 e. The van der Waals surface area contributed by atoms with E-state index in [1.54, 1.807) is 6.20 Å². The molecular formula is C31H47N5O2. The lowest BCUT2D eigenvalue weighted by atomic mass is 10.1. The van der Waals surface area contributed by atoms with Gasteiger partial charge in [-0.25, -0.2) is 0 Å². The van der Waals surface area contributed by atoms with E-state index in [9.17, 15) is 9.59 Å². The molecule has 1 aliphatic heterocycles. The fourth-order valence-corrected chi connectivity index (χ4v) is 3.73. The number of dihydropyridines is 1. The SMILES string of the molecule is CC.CCC=O.CCCCN(CCC)c1ccc(NC2C=C(NCc3ccccc3)C(C(N)=O)=CN2)cc1. The Morgan fingerprint density at radius 3 is 2.21 bits per heavy atom. The summed E-state index contributed by atoms with van der Waals surface area (Å²) in [6.07, 6.45) is 8.52. The number of carbonyl (C=O) groups excluding carboxylic acids is 2. The number of aldehydes is 1. The number of carbonyl (C=O) groups is 2. The molecule has 0 aromatic heterocycles. The molecule has 7 nitrogen and oxygen atoms in total. The van der Waals surface area contributed by atoms with Gasteiger partial charge in [0.15, 0.2) is 0 Å². The number of anilines is 2. The third kappa shape index (κ3) is 11.5. The second-order valence-corrected chi connectivity index (χ2v) is 8.59. The molecule has 5 N–H and O–H groups in total. The molecule has 2 aromatic rings. The third-order valence-corrected chi connectivity index (χ3v) is 5.62. The molecule has 1 aliphatic rings. The summed E-state index contributed by atoms with van der Waals surface area (Å²) in [5.41, 5.74) is 10.1. The van der Waals surface area contributed by atoms with E-state index in [0.29, 0.717) is 18.5 Å². The summed E-state index contributed by atoms with van der Waals surface area (Å²) in [4.78, 5) is 23.5. The summed E-state index contributed by atoms with van der Waals surface area (Å²) in [6, 6.07) is 18.6. The monoisotopic (exact) mass is 521 g/mol. The highest BCUT2D eigenvalue weighted by Crippen LogP contribution is 2.21. The van der Waals surface area contributed by atoms with Crippen LogP contribution in [-0.4, -0.2) is 31.4 Å². The number of nitrogens with two attached hydrogens (primary N) is 1. The molecule has 7 heteroatoms. The Labute approximate surface area is 229 Å². The van der Waals surface area contributed by atoms with Crippen LogP contribution in [0.3, 0.4) is 0 Å². The van der Waals surface area contributed by atoms with Crippen LogP contribution in [0.4, 0.5) is 11.4 Å². The van der Waals surface area contributed by atoms with E-state index in [2.05, 4.69) is 59.0 Å². The number of hydrogen-bond acceptors (Lipinski definition) is 6. The largest absolute Gasteiger partial charge is 0.380 e. The highest BCUT2D eigenvalue weighted by molar-refractivity contribution is 5.96. The molecule has 1 amide bonds. The van der Waals surface area contributed by atoms with Crippen molar-refractivity contribution in [1.29, 1.82) is 0 Å².